The number of nitrogens with one attached hydrogen (secondary N) is 1. The number of nitrogens with zero attached hydrogens (tertiary/aromatic N) is 1. The SMILES string of the molecule is CN(Cc1cc(Br)ccc1F)C(=O)CCNS(=O)(=O)c1ccccc1. The molecule has 8 heteroatoms. The molecule has 0 aliphatic carbocycles. The number of hydrogen-bond donors (Lipinski definition) is 1. The first-order valence-electron chi connectivity index (χ1n) is 7.52. The first-order chi connectivity index (χ1) is 11.8. The van der Waals surface area contributed by atoms with E-state index in [1.807, 2.05) is 0 Å². The Kier molecular flexibility index (Phi) is 6.69. The quantitative estimate of drug-likeness (QED) is 0.736. The number of benzene rings is 2. The van der Waals surface area contributed by atoms with Crippen molar-refractivity contribution in [3.8, 4) is 0 Å². The second kappa shape index (κ2) is 8.55. The molecule has 134 valence electrons. The maximum absolute atomic E-state index is 13.7. The van der Waals surface area contributed by atoms with Crippen molar-refractivity contribution in [2.45, 2.75) is 17.9 Å². The average molecular weight is 429 g/mol. The van der Waals surface area contributed by atoms with Gasteiger partial charge in [0.1, 0.15) is 5.82 Å². The van der Waals surface area contributed by atoms with Crippen LogP contribution in [0.2, 0.25) is 0 Å². The van der Waals surface area contributed by atoms with Gasteiger partial charge >= 0.3 is 0 Å². The zero-order valence-corrected chi connectivity index (χ0v) is 16.0. The van der Waals surface area contributed by atoms with E-state index in [0.717, 1.165) is 4.47 Å². The van der Waals surface area contributed by atoms with Crippen LogP contribution in [0.5, 0.6) is 0 Å². The van der Waals surface area contributed by atoms with E-state index in [1.165, 1.54) is 23.1 Å². The van der Waals surface area contributed by atoms with Crippen LogP contribution < -0.4 is 4.72 Å². The molecule has 0 fully saturated rings. The smallest absolute Gasteiger partial charge is 0.240 e. The molecule has 2 rings (SSSR count). The van der Waals surface area contributed by atoms with Crippen LogP contribution in [0.15, 0.2) is 57.9 Å². The third-order valence-electron chi connectivity index (χ3n) is 3.53. The number of halogens is 2. The second-order valence-electron chi connectivity index (χ2n) is 5.45. The second-order valence-corrected chi connectivity index (χ2v) is 8.13. The number of carbonyl (C=O) groups is 1. The van der Waals surface area contributed by atoms with Crippen LogP contribution in [0, 0.1) is 5.82 Å². The lowest BCUT2D eigenvalue weighted by atomic mass is 10.2. The Hall–Kier alpha value is -1.77. The normalized spacial score (nSPS) is 11.3. The summed E-state index contributed by atoms with van der Waals surface area (Å²) >= 11 is 3.26. The summed E-state index contributed by atoms with van der Waals surface area (Å²) in [6.07, 6.45) is -0.0157. The average Bonchev–Trinajstić information content (AvgIpc) is 2.58. The number of hydrogen-bond acceptors (Lipinski definition) is 3. The molecule has 2 aromatic rings. The molecule has 1 amide bonds. The predicted octanol–water partition coefficient (Wildman–Crippen LogP) is 2.92. The van der Waals surface area contributed by atoms with Gasteiger partial charge in [-0.05, 0) is 30.3 Å². The van der Waals surface area contributed by atoms with Crippen LogP contribution in [-0.4, -0.2) is 32.8 Å². The summed E-state index contributed by atoms with van der Waals surface area (Å²) in [6, 6.07) is 12.4. The van der Waals surface area contributed by atoms with E-state index >= 15 is 0 Å². The Balaban J connectivity index is 1.88. The van der Waals surface area contributed by atoms with Gasteiger partial charge in [0.15, 0.2) is 0 Å². The molecule has 1 N–H and O–H groups in total. The Morgan fingerprint density at radius 1 is 1.20 bits per heavy atom. The number of rotatable bonds is 7. The summed E-state index contributed by atoms with van der Waals surface area (Å²) in [5.41, 5.74) is 0.384. The summed E-state index contributed by atoms with van der Waals surface area (Å²) in [5.74, 6) is -0.678. The van der Waals surface area contributed by atoms with Crippen molar-refractivity contribution in [1.82, 2.24) is 9.62 Å². The molecule has 0 spiro atoms. The Morgan fingerprint density at radius 3 is 2.56 bits per heavy atom. The molecule has 5 nitrogen and oxygen atoms in total. The van der Waals surface area contributed by atoms with Crippen LogP contribution >= 0.6 is 15.9 Å². The first kappa shape index (κ1) is 19.6. The summed E-state index contributed by atoms with van der Waals surface area (Å²) < 4.78 is 41.0. The highest BCUT2D eigenvalue weighted by atomic mass is 79.9. The van der Waals surface area contributed by atoms with Crippen molar-refractivity contribution < 1.29 is 17.6 Å². The minimum atomic E-state index is -3.64. The molecule has 0 atom stereocenters. The highest BCUT2D eigenvalue weighted by Crippen LogP contribution is 2.17. The zero-order valence-electron chi connectivity index (χ0n) is 13.6. The summed E-state index contributed by atoms with van der Waals surface area (Å²) in [6.45, 7) is 0.0803. The molecule has 0 aliphatic rings. The van der Waals surface area contributed by atoms with Crippen molar-refractivity contribution in [2.24, 2.45) is 0 Å². The standard InChI is InChI=1S/C17H18BrFN2O3S/c1-21(12-13-11-14(18)7-8-16(13)19)17(22)9-10-20-25(23,24)15-5-3-2-4-6-15/h2-8,11,20H,9-10,12H2,1H3. The molecule has 25 heavy (non-hydrogen) atoms. The fourth-order valence-corrected chi connectivity index (χ4v) is 3.64. The minimum Gasteiger partial charge on any atom is -0.341 e. The first-order valence-corrected chi connectivity index (χ1v) is 9.80. The van der Waals surface area contributed by atoms with E-state index in [9.17, 15) is 17.6 Å². The fraction of sp³-hybridized carbons (Fsp3) is 0.235. The Labute approximate surface area is 155 Å². The molecule has 0 aromatic heterocycles. The fourth-order valence-electron chi connectivity index (χ4n) is 2.17. The highest BCUT2D eigenvalue weighted by molar-refractivity contribution is 9.10. The van der Waals surface area contributed by atoms with E-state index in [1.54, 1.807) is 37.4 Å². The molecule has 0 heterocycles. The van der Waals surface area contributed by atoms with Gasteiger partial charge in [0.25, 0.3) is 0 Å². The Morgan fingerprint density at radius 2 is 1.88 bits per heavy atom. The molecule has 0 saturated carbocycles. The highest BCUT2D eigenvalue weighted by Gasteiger charge is 2.16. The molecule has 0 bridgehead atoms. The van der Waals surface area contributed by atoms with Gasteiger partial charge in [0, 0.05) is 36.6 Å². The van der Waals surface area contributed by atoms with Crippen molar-refractivity contribution in [3.05, 3.63) is 64.4 Å². The number of carbonyl (C=O) groups excluding carboxylic acids is 1. The predicted molar refractivity (Wildman–Crippen MR) is 96.8 cm³/mol. The van der Waals surface area contributed by atoms with E-state index < -0.39 is 15.8 Å². The van der Waals surface area contributed by atoms with Gasteiger partial charge in [-0.15, -0.1) is 0 Å². The van der Waals surface area contributed by atoms with Gasteiger partial charge in [-0.25, -0.2) is 17.5 Å². The molecule has 2 aromatic carbocycles. The topological polar surface area (TPSA) is 66.5 Å². The van der Waals surface area contributed by atoms with Crippen LogP contribution in [0.25, 0.3) is 0 Å². The molecule has 0 unspecified atom stereocenters. The van der Waals surface area contributed by atoms with Gasteiger partial charge in [-0.3, -0.25) is 4.79 Å². The summed E-state index contributed by atoms with van der Waals surface area (Å²) in [4.78, 5) is 13.6. The molecule has 0 aliphatic heterocycles. The molecular formula is C17H18BrFN2O3S. The number of sulfonamides is 1. The minimum absolute atomic E-state index is 0.0157. The molecule has 0 radical (unpaired) electrons. The largest absolute Gasteiger partial charge is 0.341 e. The van der Waals surface area contributed by atoms with E-state index in [-0.39, 0.29) is 30.3 Å². The van der Waals surface area contributed by atoms with Gasteiger partial charge in [0.05, 0.1) is 4.90 Å². The zero-order chi connectivity index (χ0) is 18.4. The summed E-state index contributed by atoms with van der Waals surface area (Å²) in [7, 11) is -2.09. The van der Waals surface area contributed by atoms with Crippen molar-refractivity contribution in [1.29, 1.82) is 0 Å². The van der Waals surface area contributed by atoms with Crippen molar-refractivity contribution in [2.75, 3.05) is 13.6 Å². The maximum atomic E-state index is 13.7. The van der Waals surface area contributed by atoms with Crippen molar-refractivity contribution >= 4 is 31.9 Å². The molecule has 0 saturated heterocycles. The van der Waals surface area contributed by atoms with Crippen LogP contribution in [0.1, 0.15) is 12.0 Å². The van der Waals surface area contributed by atoms with E-state index in [4.69, 9.17) is 0 Å². The van der Waals surface area contributed by atoms with Crippen LogP contribution in [-0.2, 0) is 21.4 Å². The van der Waals surface area contributed by atoms with Crippen LogP contribution in [0.3, 0.4) is 0 Å². The lowest BCUT2D eigenvalue weighted by molar-refractivity contribution is -0.130. The third-order valence-corrected chi connectivity index (χ3v) is 5.50. The third kappa shape index (κ3) is 5.62. The monoisotopic (exact) mass is 428 g/mol. The summed E-state index contributed by atoms with van der Waals surface area (Å²) in [5, 5.41) is 0. The van der Waals surface area contributed by atoms with Gasteiger partial charge in [0.2, 0.25) is 15.9 Å². The van der Waals surface area contributed by atoms with E-state index in [2.05, 4.69) is 20.7 Å². The van der Waals surface area contributed by atoms with Crippen molar-refractivity contribution in [3.63, 3.8) is 0 Å². The molecular weight excluding hydrogens is 411 g/mol. The van der Waals surface area contributed by atoms with E-state index in [0.29, 0.717) is 5.56 Å². The number of amides is 1. The maximum Gasteiger partial charge on any atom is 0.240 e. The van der Waals surface area contributed by atoms with Crippen LogP contribution in [0.4, 0.5) is 4.39 Å². The lowest BCUT2D eigenvalue weighted by Gasteiger charge is -2.18. The van der Waals surface area contributed by atoms with Gasteiger partial charge in [-0.2, -0.15) is 0 Å². The lowest BCUT2D eigenvalue weighted by Crippen LogP contribution is -2.32. The van der Waals surface area contributed by atoms with Gasteiger partial charge in [-0.1, -0.05) is 34.1 Å². The Bertz CT molecular complexity index is 844. The van der Waals surface area contributed by atoms with Gasteiger partial charge < -0.3 is 4.90 Å².